The van der Waals surface area contributed by atoms with E-state index in [-0.39, 0.29) is 18.4 Å². The highest BCUT2D eigenvalue weighted by atomic mass is 32.1. The average molecular weight is 277 g/mol. The number of hydrogen-bond acceptors (Lipinski definition) is 4. The van der Waals surface area contributed by atoms with Crippen molar-refractivity contribution in [2.45, 2.75) is 18.4 Å². The number of nitrogens with one attached hydrogen (secondary N) is 1. The largest absolute Gasteiger partial charge is 0.466 e. The highest BCUT2D eigenvalue weighted by Crippen LogP contribution is 2.33. The van der Waals surface area contributed by atoms with Crippen LogP contribution in [0.25, 0.3) is 0 Å². The maximum atomic E-state index is 11.7. The van der Waals surface area contributed by atoms with Gasteiger partial charge in [-0.25, -0.2) is 0 Å². The van der Waals surface area contributed by atoms with E-state index in [1.807, 2.05) is 17.5 Å². The number of hydrogen-bond donors (Lipinski definition) is 2. The molecular weight excluding hydrogens is 262 g/mol. The van der Waals surface area contributed by atoms with Crippen molar-refractivity contribution in [3.05, 3.63) is 46.5 Å². The molecule has 19 heavy (non-hydrogen) atoms. The third kappa shape index (κ3) is 2.43. The molecule has 3 rings (SSSR count). The van der Waals surface area contributed by atoms with Gasteiger partial charge >= 0.3 is 0 Å². The fraction of sp³-hybridized carbons (Fsp3) is 0.357. The smallest absolute Gasteiger partial charge is 0.223 e. The van der Waals surface area contributed by atoms with E-state index in [4.69, 9.17) is 4.42 Å². The van der Waals surface area contributed by atoms with Gasteiger partial charge in [-0.05, 0) is 36.4 Å². The van der Waals surface area contributed by atoms with Gasteiger partial charge < -0.3 is 14.8 Å². The van der Waals surface area contributed by atoms with Crippen LogP contribution in [0.2, 0.25) is 0 Å². The molecule has 2 aromatic rings. The van der Waals surface area contributed by atoms with E-state index in [9.17, 15) is 9.90 Å². The molecule has 0 bridgehead atoms. The molecule has 2 aromatic heterocycles. The first kappa shape index (κ1) is 12.4. The second-order valence-corrected chi connectivity index (χ2v) is 5.75. The molecule has 2 heterocycles. The fourth-order valence-electron chi connectivity index (χ4n) is 2.03. The third-order valence-electron chi connectivity index (χ3n) is 3.32. The summed E-state index contributed by atoms with van der Waals surface area (Å²) >= 11 is 1.44. The predicted octanol–water partition coefficient (Wildman–Crippen LogP) is 2.10. The van der Waals surface area contributed by atoms with Crippen LogP contribution in [0.4, 0.5) is 0 Å². The average Bonchev–Trinajstić information content (AvgIpc) is 2.93. The monoisotopic (exact) mass is 277 g/mol. The lowest BCUT2D eigenvalue weighted by atomic mass is 9.98. The predicted molar refractivity (Wildman–Crippen MR) is 71.8 cm³/mol. The zero-order valence-corrected chi connectivity index (χ0v) is 11.2. The van der Waals surface area contributed by atoms with Crippen molar-refractivity contribution in [2.75, 3.05) is 6.54 Å². The number of carbonyl (C=O) groups is 1. The van der Waals surface area contributed by atoms with E-state index < -0.39 is 5.60 Å². The number of aliphatic hydroxyl groups is 1. The van der Waals surface area contributed by atoms with Crippen LogP contribution < -0.4 is 5.32 Å². The van der Waals surface area contributed by atoms with Crippen LogP contribution in [0.3, 0.4) is 0 Å². The van der Waals surface area contributed by atoms with Gasteiger partial charge in [0, 0.05) is 10.8 Å². The maximum Gasteiger partial charge on any atom is 0.223 e. The van der Waals surface area contributed by atoms with E-state index >= 15 is 0 Å². The molecule has 1 unspecified atom stereocenters. The quantitative estimate of drug-likeness (QED) is 0.879. The van der Waals surface area contributed by atoms with Crippen LogP contribution in [-0.2, 0) is 10.4 Å². The van der Waals surface area contributed by atoms with Gasteiger partial charge in [0.15, 0.2) is 5.60 Å². The first-order valence-electron chi connectivity index (χ1n) is 6.28. The van der Waals surface area contributed by atoms with Crippen LogP contribution in [0, 0.1) is 5.92 Å². The van der Waals surface area contributed by atoms with Gasteiger partial charge in [-0.15, -0.1) is 11.3 Å². The molecule has 5 heteroatoms. The molecule has 1 aliphatic rings. The molecule has 0 saturated heterocycles. The summed E-state index contributed by atoms with van der Waals surface area (Å²) in [7, 11) is 0. The van der Waals surface area contributed by atoms with E-state index in [1.54, 1.807) is 12.1 Å². The summed E-state index contributed by atoms with van der Waals surface area (Å²) < 4.78 is 5.34. The Morgan fingerprint density at radius 2 is 2.32 bits per heavy atom. The standard InChI is InChI=1S/C14H15NO3S/c16-13(10-5-6-10)15-9-14(17,11-3-1-7-18-11)12-4-2-8-19-12/h1-4,7-8,10,17H,5-6,9H2,(H,15,16). The SMILES string of the molecule is O=C(NCC(O)(c1ccco1)c1cccs1)C1CC1. The lowest BCUT2D eigenvalue weighted by molar-refractivity contribution is -0.123. The molecule has 100 valence electrons. The van der Waals surface area contributed by atoms with Crippen molar-refractivity contribution >= 4 is 17.2 Å². The minimum atomic E-state index is -1.29. The molecule has 0 spiro atoms. The van der Waals surface area contributed by atoms with E-state index in [2.05, 4.69) is 5.32 Å². The molecule has 1 saturated carbocycles. The lowest BCUT2D eigenvalue weighted by Gasteiger charge is -2.25. The maximum absolute atomic E-state index is 11.7. The Hall–Kier alpha value is -1.59. The van der Waals surface area contributed by atoms with E-state index in [0.29, 0.717) is 5.76 Å². The van der Waals surface area contributed by atoms with Crippen molar-refractivity contribution in [3.8, 4) is 0 Å². The van der Waals surface area contributed by atoms with Gasteiger partial charge in [0.25, 0.3) is 0 Å². The second kappa shape index (κ2) is 4.83. The molecule has 0 radical (unpaired) electrons. The molecule has 0 aliphatic heterocycles. The van der Waals surface area contributed by atoms with Crippen molar-refractivity contribution in [1.29, 1.82) is 0 Å². The summed E-state index contributed by atoms with van der Waals surface area (Å²) in [5.74, 6) is 0.594. The Morgan fingerprint density at radius 3 is 2.89 bits per heavy atom. The first-order chi connectivity index (χ1) is 9.20. The topological polar surface area (TPSA) is 62.5 Å². The van der Waals surface area contributed by atoms with Gasteiger partial charge in [0.05, 0.1) is 12.8 Å². The van der Waals surface area contributed by atoms with Crippen LogP contribution >= 0.6 is 11.3 Å². The number of carbonyl (C=O) groups excluding carboxylic acids is 1. The Labute approximate surface area is 115 Å². The van der Waals surface area contributed by atoms with Crippen molar-refractivity contribution in [1.82, 2.24) is 5.32 Å². The molecule has 1 fully saturated rings. The minimum absolute atomic E-state index is 0.0153. The summed E-state index contributed by atoms with van der Waals surface area (Å²) in [4.78, 5) is 12.5. The summed E-state index contributed by atoms with van der Waals surface area (Å²) in [5, 5.41) is 15.6. The van der Waals surface area contributed by atoms with Gasteiger partial charge in [-0.2, -0.15) is 0 Å². The molecule has 4 nitrogen and oxygen atoms in total. The zero-order valence-electron chi connectivity index (χ0n) is 10.3. The summed E-state index contributed by atoms with van der Waals surface area (Å²) in [6.07, 6.45) is 3.42. The zero-order chi connectivity index (χ0) is 13.3. The summed E-state index contributed by atoms with van der Waals surface area (Å²) in [6.45, 7) is 0.135. The van der Waals surface area contributed by atoms with Crippen LogP contribution in [0.1, 0.15) is 23.5 Å². The summed E-state index contributed by atoms with van der Waals surface area (Å²) in [6, 6.07) is 7.17. The van der Waals surface area contributed by atoms with Crippen molar-refractivity contribution in [3.63, 3.8) is 0 Å². The second-order valence-electron chi connectivity index (χ2n) is 4.81. The summed E-state index contributed by atoms with van der Waals surface area (Å²) in [5.41, 5.74) is -1.29. The van der Waals surface area contributed by atoms with Gasteiger partial charge in [0.2, 0.25) is 5.91 Å². The van der Waals surface area contributed by atoms with Gasteiger partial charge in [0.1, 0.15) is 5.76 Å². The van der Waals surface area contributed by atoms with Crippen molar-refractivity contribution in [2.24, 2.45) is 5.92 Å². The Balaban J connectivity index is 1.82. The van der Waals surface area contributed by atoms with Crippen LogP contribution in [-0.4, -0.2) is 17.6 Å². The number of rotatable bonds is 5. The minimum Gasteiger partial charge on any atom is -0.466 e. The third-order valence-corrected chi connectivity index (χ3v) is 4.35. The van der Waals surface area contributed by atoms with Gasteiger partial charge in [-0.1, -0.05) is 6.07 Å². The van der Waals surface area contributed by atoms with Gasteiger partial charge in [-0.3, -0.25) is 4.79 Å². The molecular formula is C14H15NO3S. The molecule has 1 aliphatic carbocycles. The Morgan fingerprint density at radius 1 is 1.47 bits per heavy atom. The Kier molecular flexibility index (Phi) is 3.16. The highest BCUT2D eigenvalue weighted by molar-refractivity contribution is 7.10. The van der Waals surface area contributed by atoms with Crippen molar-refractivity contribution < 1.29 is 14.3 Å². The number of furan rings is 1. The Bertz CT molecular complexity index is 509. The lowest BCUT2D eigenvalue weighted by Crippen LogP contribution is -2.41. The number of amides is 1. The first-order valence-corrected chi connectivity index (χ1v) is 7.16. The molecule has 2 N–H and O–H groups in total. The molecule has 1 atom stereocenters. The number of thiophene rings is 1. The van der Waals surface area contributed by atoms with Crippen LogP contribution in [0.15, 0.2) is 40.3 Å². The van der Waals surface area contributed by atoms with E-state index in [0.717, 1.165) is 17.7 Å². The fourth-order valence-corrected chi connectivity index (χ4v) is 2.86. The molecule has 0 aromatic carbocycles. The molecule has 1 amide bonds. The normalized spacial score (nSPS) is 17.9. The van der Waals surface area contributed by atoms with Crippen LogP contribution in [0.5, 0.6) is 0 Å². The highest BCUT2D eigenvalue weighted by Gasteiger charge is 2.38. The van der Waals surface area contributed by atoms with E-state index in [1.165, 1.54) is 17.6 Å².